The molecule has 1 saturated heterocycles. The molecule has 2 rings (SSSR count). The molecule has 0 aromatic heterocycles. The van der Waals surface area contributed by atoms with Crippen LogP contribution in [0.5, 0.6) is 0 Å². The molecule has 1 aromatic rings. The van der Waals surface area contributed by atoms with E-state index in [0.717, 1.165) is 5.56 Å². The number of piperazine rings is 1. The van der Waals surface area contributed by atoms with Crippen LogP contribution in [-0.4, -0.2) is 63.2 Å². The van der Waals surface area contributed by atoms with E-state index in [1.807, 2.05) is 4.90 Å². The Kier molecular flexibility index (Phi) is 5.81. The minimum Gasteiger partial charge on any atom is -0.480 e. The van der Waals surface area contributed by atoms with Crippen molar-refractivity contribution in [3.05, 3.63) is 39.9 Å². The summed E-state index contributed by atoms with van der Waals surface area (Å²) >= 11 is 0. The first-order valence-electron chi connectivity index (χ1n) is 8.25. The number of nitro groups is 1. The lowest BCUT2D eigenvalue weighted by Gasteiger charge is -2.39. The van der Waals surface area contributed by atoms with Crippen LogP contribution in [0.1, 0.15) is 26.3 Å². The summed E-state index contributed by atoms with van der Waals surface area (Å²) in [7, 11) is 0. The highest BCUT2D eigenvalue weighted by Crippen LogP contribution is 2.19. The molecular weight excluding hydrogens is 342 g/mol. The SMILES string of the molecule is CC(C)(C)OC(=O)N1CCN(Cc2ccc([N+](=O)[O-])cc2)C[C@@H]1C(=O)O. The molecule has 0 saturated carbocycles. The summed E-state index contributed by atoms with van der Waals surface area (Å²) < 4.78 is 5.29. The Hall–Kier alpha value is -2.68. The number of amides is 1. The van der Waals surface area contributed by atoms with E-state index in [9.17, 15) is 24.8 Å². The fourth-order valence-electron chi connectivity index (χ4n) is 2.71. The smallest absolute Gasteiger partial charge is 0.411 e. The number of ether oxygens (including phenoxy) is 1. The monoisotopic (exact) mass is 365 g/mol. The van der Waals surface area contributed by atoms with Crippen LogP contribution in [-0.2, 0) is 16.1 Å². The molecule has 0 aliphatic carbocycles. The van der Waals surface area contributed by atoms with Crippen LogP contribution in [0.4, 0.5) is 10.5 Å². The molecule has 26 heavy (non-hydrogen) atoms. The number of carbonyl (C=O) groups is 2. The van der Waals surface area contributed by atoms with E-state index < -0.39 is 28.6 Å². The van der Waals surface area contributed by atoms with Crippen LogP contribution in [0.15, 0.2) is 24.3 Å². The van der Waals surface area contributed by atoms with Crippen LogP contribution in [0.25, 0.3) is 0 Å². The van der Waals surface area contributed by atoms with Gasteiger partial charge < -0.3 is 9.84 Å². The van der Waals surface area contributed by atoms with Gasteiger partial charge >= 0.3 is 12.1 Å². The van der Waals surface area contributed by atoms with Crippen molar-refractivity contribution >= 4 is 17.7 Å². The highest BCUT2D eigenvalue weighted by Gasteiger charge is 2.37. The minimum absolute atomic E-state index is 0.00640. The van der Waals surface area contributed by atoms with E-state index in [-0.39, 0.29) is 18.8 Å². The zero-order chi connectivity index (χ0) is 19.5. The van der Waals surface area contributed by atoms with E-state index >= 15 is 0 Å². The molecule has 142 valence electrons. The molecule has 9 nitrogen and oxygen atoms in total. The number of rotatable bonds is 4. The first kappa shape index (κ1) is 19.6. The lowest BCUT2D eigenvalue weighted by molar-refractivity contribution is -0.384. The number of carboxylic acids is 1. The van der Waals surface area contributed by atoms with Crippen molar-refractivity contribution in [3.63, 3.8) is 0 Å². The van der Waals surface area contributed by atoms with Gasteiger partial charge in [-0.25, -0.2) is 9.59 Å². The second-order valence-electron chi connectivity index (χ2n) is 7.19. The lowest BCUT2D eigenvalue weighted by Crippen LogP contribution is -2.58. The lowest BCUT2D eigenvalue weighted by atomic mass is 10.1. The maximum absolute atomic E-state index is 12.3. The minimum atomic E-state index is -1.09. The van der Waals surface area contributed by atoms with Gasteiger partial charge in [-0.3, -0.25) is 19.9 Å². The summed E-state index contributed by atoms with van der Waals surface area (Å²) in [5.74, 6) is -1.09. The van der Waals surface area contributed by atoms with Crippen LogP contribution < -0.4 is 0 Å². The largest absolute Gasteiger partial charge is 0.480 e. The predicted octanol–water partition coefficient (Wildman–Crippen LogP) is 2.10. The maximum atomic E-state index is 12.3. The Morgan fingerprint density at radius 2 is 1.88 bits per heavy atom. The zero-order valence-corrected chi connectivity index (χ0v) is 15.0. The highest BCUT2D eigenvalue weighted by atomic mass is 16.6. The Labute approximate surface area is 151 Å². The number of nitro benzene ring substituents is 1. The van der Waals surface area contributed by atoms with Crippen molar-refractivity contribution in [1.29, 1.82) is 0 Å². The van der Waals surface area contributed by atoms with Crippen molar-refractivity contribution in [2.24, 2.45) is 0 Å². The molecule has 1 fully saturated rings. The molecule has 1 N–H and O–H groups in total. The van der Waals surface area contributed by atoms with Crippen molar-refractivity contribution in [3.8, 4) is 0 Å². The summed E-state index contributed by atoms with van der Waals surface area (Å²) in [6, 6.07) is 5.13. The summed E-state index contributed by atoms with van der Waals surface area (Å²) in [6.07, 6.45) is -0.639. The molecule has 0 radical (unpaired) electrons. The molecule has 1 aliphatic rings. The molecule has 1 atom stereocenters. The Bertz CT molecular complexity index is 683. The molecule has 1 amide bonds. The van der Waals surface area contributed by atoms with Gasteiger partial charge in [0.1, 0.15) is 11.6 Å². The topological polar surface area (TPSA) is 113 Å². The van der Waals surface area contributed by atoms with Gasteiger partial charge in [0.2, 0.25) is 0 Å². The van der Waals surface area contributed by atoms with Crippen molar-refractivity contribution in [1.82, 2.24) is 9.80 Å². The molecule has 0 spiro atoms. The van der Waals surface area contributed by atoms with E-state index in [0.29, 0.717) is 13.1 Å². The summed E-state index contributed by atoms with van der Waals surface area (Å²) in [6.45, 7) is 6.51. The maximum Gasteiger partial charge on any atom is 0.411 e. The Morgan fingerprint density at radius 1 is 1.27 bits per heavy atom. The summed E-state index contributed by atoms with van der Waals surface area (Å²) in [4.78, 5) is 37.2. The number of hydrogen-bond donors (Lipinski definition) is 1. The van der Waals surface area contributed by atoms with Crippen molar-refractivity contribution in [2.75, 3.05) is 19.6 Å². The second kappa shape index (κ2) is 7.69. The first-order valence-corrected chi connectivity index (χ1v) is 8.25. The van der Waals surface area contributed by atoms with E-state index in [2.05, 4.69) is 0 Å². The molecule has 0 bridgehead atoms. The van der Waals surface area contributed by atoms with Gasteiger partial charge in [-0.1, -0.05) is 12.1 Å². The molecular formula is C17H23N3O6. The third-order valence-corrected chi connectivity index (χ3v) is 3.93. The Morgan fingerprint density at radius 3 is 2.38 bits per heavy atom. The normalized spacial score (nSPS) is 18.4. The van der Waals surface area contributed by atoms with Crippen LogP contribution in [0.2, 0.25) is 0 Å². The number of carboxylic acid groups (broad SMARTS) is 1. The summed E-state index contributed by atoms with van der Waals surface area (Å²) in [5, 5.41) is 20.2. The van der Waals surface area contributed by atoms with Crippen LogP contribution in [0.3, 0.4) is 0 Å². The van der Waals surface area contributed by atoms with E-state index in [4.69, 9.17) is 4.74 Å². The van der Waals surface area contributed by atoms with Gasteiger partial charge in [-0.05, 0) is 26.3 Å². The number of non-ortho nitro benzene ring substituents is 1. The molecule has 9 heteroatoms. The standard InChI is InChI=1S/C17H23N3O6/c1-17(2,3)26-16(23)19-9-8-18(11-14(19)15(21)22)10-12-4-6-13(7-5-12)20(24)25/h4-7,14H,8-11H2,1-3H3,(H,21,22)/t14-/m1/s1. The van der Waals surface area contributed by atoms with E-state index in [1.54, 1.807) is 32.9 Å². The highest BCUT2D eigenvalue weighted by molar-refractivity contribution is 5.80. The average Bonchev–Trinajstić information content (AvgIpc) is 2.53. The van der Waals surface area contributed by atoms with Gasteiger partial charge in [0.05, 0.1) is 4.92 Å². The van der Waals surface area contributed by atoms with Crippen LogP contribution in [0, 0.1) is 10.1 Å². The molecule has 1 heterocycles. The van der Waals surface area contributed by atoms with Crippen molar-refractivity contribution < 1.29 is 24.4 Å². The molecule has 0 unspecified atom stereocenters. The number of aliphatic carboxylic acids is 1. The second-order valence-corrected chi connectivity index (χ2v) is 7.19. The third kappa shape index (κ3) is 5.16. The summed E-state index contributed by atoms with van der Waals surface area (Å²) in [5.41, 5.74) is 0.146. The fraction of sp³-hybridized carbons (Fsp3) is 0.529. The number of carbonyl (C=O) groups excluding carboxylic acids is 1. The van der Waals surface area contributed by atoms with Crippen LogP contribution >= 0.6 is 0 Å². The number of hydrogen-bond acceptors (Lipinski definition) is 6. The predicted molar refractivity (Wildman–Crippen MR) is 92.7 cm³/mol. The van der Waals surface area contributed by atoms with Crippen molar-refractivity contribution in [2.45, 2.75) is 39.0 Å². The van der Waals surface area contributed by atoms with Gasteiger partial charge in [0, 0.05) is 38.3 Å². The van der Waals surface area contributed by atoms with Gasteiger partial charge in [-0.15, -0.1) is 0 Å². The van der Waals surface area contributed by atoms with Gasteiger partial charge in [-0.2, -0.15) is 0 Å². The molecule has 1 aromatic carbocycles. The third-order valence-electron chi connectivity index (χ3n) is 3.93. The Balaban J connectivity index is 2.03. The molecule has 1 aliphatic heterocycles. The van der Waals surface area contributed by atoms with Gasteiger partial charge in [0.15, 0.2) is 0 Å². The first-order chi connectivity index (χ1) is 12.1. The number of nitrogens with zero attached hydrogens (tertiary/aromatic N) is 3. The fourth-order valence-corrected chi connectivity index (χ4v) is 2.71. The average molecular weight is 365 g/mol. The zero-order valence-electron chi connectivity index (χ0n) is 15.0. The number of benzene rings is 1. The van der Waals surface area contributed by atoms with E-state index in [1.165, 1.54) is 17.0 Å². The van der Waals surface area contributed by atoms with Gasteiger partial charge in [0.25, 0.3) is 5.69 Å². The quantitative estimate of drug-likeness (QED) is 0.642.